The molecular formula is C14H20N4O2S3. The smallest absolute Gasteiger partial charge is 0.236 e. The predicted molar refractivity (Wildman–Crippen MR) is 99.6 cm³/mol. The van der Waals surface area contributed by atoms with Gasteiger partial charge in [0.1, 0.15) is 4.32 Å². The van der Waals surface area contributed by atoms with E-state index in [4.69, 9.17) is 12.2 Å². The summed E-state index contributed by atoms with van der Waals surface area (Å²) in [6.07, 6.45) is 0. The summed E-state index contributed by atoms with van der Waals surface area (Å²) in [4.78, 5) is 32.6. The van der Waals surface area contributed by atoms with Crippen LogP contribution in [-0.4, -0.2) is 69.8 Å². The van der Waals surface area contributed by atoms with Gasteiger partial charge in [0.15, 0.2) is 10.9 Å². The number of thioether (sulfide) groups is 1. The molecule has 1 aliphatic heterocycles. The van der Waals surface area contributed by atoms with Gasteiger partial charge < -0.3 is 15.1 Å². The second kappa shape index (κ2) is 8.18. The summed E-state index contributed by atoms with van der Waals surface area (Å²) in [5, 5.41) is 3.19. The summed E-state index contributed by atoms with van der Waals surface area (Å²) in [7, 11) is 2.09. The number of anilines is 1. The van der Waals surface area contributed by atoms with Crippen molar-refractivity contribution in [3.8, 4) is 0 Å². The Balaban J connectivity index is 1.80. The van der Waals surface area contributed by atoms with E-state index in [9.17, 15) is 9.59 Å². The first-order valence-corrected chi connectivity index (χ1v) is 9.46. The maximum Gasteiger partial charge on any atom is 0.236 e. The molecule has 0 spiro atoms. The van der Waals surface area contributed by atoms with Crippen LogP contribution in [0.2, 0.25) is 0 Å². The van der Waals surface area contributed by atoms with E-state index in [2.05, 4.69) is 27.1 Å². The van der Waals surface area contributed by atoms with Crippen molar-refractivity contribution in [3.63, 3.8) is 0 Å². The van der Waals surface area contributed by atoms with Crippen LogP contribution in [0.5, 0.6) is 0 Å². The molecule has 6 nitrogen and oxygen atoms in total. The lowest BCUT2D eigenvalue weighted by Crippen LogP contribution is -2.46. The number of thiocarbonyl (C=S) groups is 1. The summed E-state index contributed by atoms with van der Waals surface area (Å²) in [6, 6.07) is 0. The largest absolute Gasteiger partial charge is 0.355 e. The number of likely N-dealkylation sites (N-methyl/N-ethyl adjacent to an activating group) is 1. The number of nitrogens with zero attached hydrogens (tertiary/aromatic N) is 3. The number of rotatable bonds is 4. The minimum atomic E-state index is -0.157. The minimum Gasteiger partial charge on any atom is -0.355 e. The summed E-state index contributed by atoms with van der Waals surface area (Å²) in [5.41, 5.74) is 0.651. The molecule has 9 heteroatoms. The molecule has 0 aliphatic carbocycles. The quantitative estimate of drug-likeness (QED) is 0.639. The Labute approximate surface area is 149 Å². The second-order valence-corrected chi connectivity index (χ2v) is 7.99. The highest BCUT2D eigenvalue weighted by Crippen LogP contribution is 2.23. The Morgan fingerprint density at radius 3 is 2.57 bits per heavy atom. The lowest BCUT2D eigenvalue weighted by atomic mass is 10.3. The third-order valence-corrected chi connectivity index (χ3v) is 6.15. The molecule has 0 saturated carbocycles. The van der Waals surface area contributed by atoms with Crippen LogP contribution in [0, 0.1) is 6.92 Å². The monoisotopic (exact) mass is 372 g/mol. The third kappa shape index (κ3) is 5.23. The molecule has 1 aromatic heterocycles. The SMILES string of the molecule is CC(=O)c1sc(NC(=O)CSC(=S)N2CCN(C)CC2)nc1C. The van der Waals surface area contributed by atoms with Crippen LogP contribution in [0.15, 0.2) is 0 Å². The maximum atomic E-state index is 12.0. The molecule has 0 radical (unpaired) electrons. The zero-order chi connectivity index (χ0) is 17.0. The summed E-state index contributed by atoms with van der Waals surface area (Å²) >= 11 is 7.96. The Hall–Kier alpha value is -1.03. The van der Waals surface area contributed by atoms with Crippen LogP contribution >= 0.6 is 35.3 Å². The molecular weight excluding hydrogens is 352 g/mol. The van der Waals surface area contributed by atoms with Crippen molar-refractivity contribution in [3.05, 3.63) is 10.6 Å². The Bertz CT molecular complexity index is 609. The summed E-state index contributed by atoms with van der Waals surface area (Å²) in [5.74, 6) is 0.0561. The van der Waals surface area contributed by atoms with Crippen LogP contribution in [-0.2, 0) is 4.79 Å². The van der Waals surface area contributed by atoms with Crippen molar-refractivity contribution in [2.24, 2.45) is 0 Å². The van der Waals surface area contributed by atoms with Gasteiger partial charge in [-0.25, -0.2) is 4.98 Å². The lowest BCUT2D eigenvalue weighted by Gasteiger charge is -2.33. The number of amides is 1. The molecule has 0 atom stereocenters. The average Bonchev–Trinajstić information content (AvgIpc) is 2.86. The molecule has 2 rings (SSSR count). The van der Waals surface area contributed by atoms with Crippen molar-refractivity contribution in [1.82, 2.24) is 14.8 Å². The van der Waals surface area contributed by atoms with Crippen LogP contribution in [0.25, 0.3) is 0 Å². The molecule has 23 heavy (non-hydrogen) atoms. The maximum absolute atomic E-state index is 12.0. The number of carbonyl (C=O) groups excluding carboxylic acids is 2. The first-order valence-electron chi connectivity index (χ1n) is 7.25. The van der Waals surface area contributed by atoms with E-state index in [1.54, 1.807) is 6.92 Å². The van der Waals surface area contributed by atoms with Gasteiger partial charge in [-0.05, 0) is 14.0 Å². The van der Waals surface area contributed by atoms with E-state index in [1.165, 1.54) is 30.0 Å². The summed E-state index contributed by atoms with van der Waals surface area (Å²) < 4.78 is 0.757. The number of piperazine rings is 1. The Morgan fingerprint density at radius 2 is 2.00 bits per heavy atom. The number of ketones is 1. The molecule has 1 N–H and O–H groups in total. The van der Waals surface area contributed by atoms with Crippen LogP contribution in [0.3, 0.4) is 0 Å². The van der Waals surface area contributed by atoms with E-state index < -0.39 is 0 Å². The molecule has 1 aliphatic rings. The molecule has 1 saturated heterocycles. The number of hydrogen-bond donors (Lipinski definition) is 1. The van der Waals surface area contributed by atoms with Crippen molar-refractivity contribution < 1.29 is 9.59 Å². The molecule has 126 valence electrons. The van der Waals surface area contributed by atoms with Gasteiger partial charge in [-0.1, -0.05) is 35.3 Å². The number of carbonyl (C=O) groups is 2. The van der Waals surface area contributed by atoms with Gasteiger partial charge in [-0.3, -0.25) is 9.59 Å². The molecule has 0 unspecified atom stereocenters. The number of thiazole rings is 1. The zero-order valence-corrected chi connectivity index (χ0v) is 15.9. The van der Waals surface area contributed by atoms with Gasteiger partial charge in [0.25, 0.3) is 0 Å². The van der Waals surface area contributed by atoms with Crippen molar-refractivity contribution in [2.75, 3.05) is 44.3 Å². The van der Waals surface area contributed by atoms with Crippen LogP contribution < -0.4 is 5.32 Å². The molecule has 1 aromatic rings. The van der Waals surface area contributed by atoms with Crippen molar-refractivity contribution in [1.29, 1.82) is 0 Å². The van der Waals surface area contributed by atoms with E-state index in [-0.39, 0.29) is 17.4 Å². The van der Waals surface area contributed by atoms with E-state index in [1.807, 2.05) is 0 Å². The van der Waals surface area contributed by atoms with Gasteiger partial charge >= 0.3 is 0 Å². The van der Waals surface area contributed by atoms with Crippen molar-refractivity contribution >= 4 is 56.5 Å². The summed E-state index contributed by atoms with van der Waals surface area (Å²) in [6.45, 7) is 7.03. The Morgan fingerprint density at radius 1 is 1.35 bits per heavy atom. The fourth-order valence-electron chi connectivity index (χ4n) is 2.14. The van der Waals surface area contributed by atoms with Crippen molar-refractivity contribution in [2.45, 2.75) is 13.8 Å². The predicted octanol–water partition coefficient (Wildman–Crippen LogP) is 1.86. The molecule has 0 bridgehead atoms. The number of aromatic nitrogens is 1. The molecule has 1 amide bonds. The van der Waals surface area contributed by atoms with Gasteiger partial charge in [0.05, 0.1) is 16.3 Å². The third-order valence-electron chi connectivity index (χ3n) is 3.45. The number of Topliss-reactive ketones (excluding diaryl/α,β-unsaturated/α-hetero) is 1. The molecule has 0 aromatic carbocycles. The molecule has 1 fully saturated rings. The highest BCUT2D eigenvalue weighted by molar-refractivity contribution is 8.23. The van der Waals surface area contributed by atoms with Gasteiger partial charge in [-0.15, -0.1) is 0 Å². The topological polar surface area (TPSA) is 65.5 Å². The number of hydrogen-bond acceptors (Lipinski definition) is 7. The fraction of sp³-hybridized carbons (Fsp3) is 0.571. The Kier molecular flexibility index (Phi) is 6.51. The van der Waals surface area contributed by atoms with E-state index >= 15 is 0 Å². The first-order chi connectivity index (χ1) is 10.9. The fourth-order valence-corrected chi connectivity index (χ4v) is 4.07. The highest BCUT2D eigenvalue weighted by Gasteiger charge is 2.18. The normalized spacial score (nSPS) is 15.5. The first kappa shape index (κ1) is 18.3. The van der Waals surface area contributed by atoms with Gasteiger partial charge in [0.2, 0.25) is 5.91 Å². The second-order valence-electron chi connectivity index (χ2n) is 5.38. The zero-order valence-electron chi connectivity index (χ0n) is 13.4. The van der Waals surface area contributed by atoms with Gasteiger partial charge in [0, 0.05) is 33.1 Å². The standard InChI is InChI=1S/C14H20N4O2S3/c1-9-12(10(2)19)23-13(15-9)16-11(20)8-22-14(21)18-6-4-17(3)5-7-18/h4-8H2,1-3H3,(H,15,16,20). The minimum absolute atomic E-state index is 0.0360. The average molecular weight is 373 g/mol. The number of aryl methyl sites for hydroxylation is 1. The molecule has 2 heterocycles. The van der Waals surface area contributed by atoms with E-state index in [0.717, 1.165) is 30.5 Å². The number of nitrogens with one attached hydrogen (secondary N) is 1. The van der Waals surface area contributed by atoms with Gasteiger partial charge in [-0.2, -0.15) is 0 Å². The lowest BCUT2D eigenvalue weighted by molar-refractivity contribution is -0.113. The van der Waals surface area contributed by atoms with Crippen LogP contribution in [0.4, 0.5) is 5.13 Å². The van der Waals surface area contributed by atoms with E-state index in [0.29, 0.717) is 15.7 Å². The highest BCUT2D eigenvalue weighted by atomic mass is 32.2. The van der Waals surface area contributed by atoms with Crippen LogP contribution in [0.1, 0.15) is 22.3 Å².